The lowest BCUT2D eigenvalue weighted by Gasteiger charge is -2.24. The quantitative estimate of drug-likeness (QED) is 0.897. The van der Waals surface area contributed by atoms with Gasteiger partial charge in [0.1, 0.15) is 0 Å². The second kappa shape index (κ2) is 5.63. The van der Waals surface area contributed by atoms with Crippen LogP contribution < -0.4 is 5.73 Å². The lowest BCUT2D eigenvalue weighted by atomic mass is 9.95. The number of hydrogen-bond donors (Lipinski definition) is 1. The van der Waals surface area contributed by atoms with Gasteiger partial charge >= 0.3 is 0 Å². The SMILES string of the molecule is COC(C)(C)CCC(N)c1cccc2nccnc12. The third kappa shape index (κ3) is 3.28. The van der Waals surface area contributed by atoms with Crippen LogP contribution in [0.15, 0.2) is 30.6 Å². The summed E-state index contributed by atoms with van der Waals surface area (Å²) in [6.07, 6.45) is 5.17. The summed E-state index contributed by atoms with van der Waals surface area (Å²) in [5.41, 5.74) is 8.99. The zero-order valence-corrected chi connectivity index (χ0v) is 11.8. The van der Waals surface area contributed by atoms with E-state index >= 15 is 0 Å². The van der Waals surface area contributed by atoms with E-state index in [0.717, 1.165) is 29.4 Å². The average molecular weight is 259 g/mol. The predicted molar refractivity (Wildman–Crippen MR) is 76.8 cm³/mol. The van der Waals surface area contributed by atoms with Gasteiger partial charge in [-0.25, -0.2) is 0 Å². The molecule has 0 fully saturated rings. The zero-order chi connectivity index (χ0) is 13.9. The van der Waals surface area contributed by atoms with Crippen LogP contribution in [0.2, 0.25) is 0 Å². The van der Waals surface area contributed by atoms with Crippen molar-refractivity contribution in [3.8, 4) is 0 Å². The smallest absolute Gasteiger partial charge is 0.0934 e. The lowest BCUT2D eigenvalue weighted by Crippen LogP contribution is -2.24. The maximum atomic E-state index is 6.30. The Balaban J connectivity index is 2.20. The molecule has 0 spiro atoms. The van der Waals surface area contributed by atoms with Gasteiger partial charge in [-0.05, 0) is 38.3 Å². The van der Waals surface area contributed by atoms with Gasteiger partial charge in [-0.2, -0.15) is 0 Å². The van der Waals surface area contributed by atoms with Crippen LogP contribution in [0, 0.1) is 0 Å². The molecule has 1 aromatic heterocycles. The molecule has 0 amide bonds. The maximum absolute atomic E-state index is 6.30. The number of aromatic nitrogens is 2. The molecule has 0 bridgehead atoms. The fourth-order valence-corrected chi connectivity index (χ4v) is 2.07. The van der Waals surface area contributed by atoms with Gasteiger partial charge in [-0.3, -0.25) is 9.97 Å². The summed E-state index contributed by atoms with van der Waals surface area (Å²) in [6, 6.07) is 5.92. The second-order valence-corrected chi connectivity index (χ2v) is 5.38. The zero-order valence-electron chi connectivity index (χ0n) is 11.8. The molecule has 0 aliphatic carbocycles. The summed E-state index contributed by atoms with van der Waals surface area (Å²) in [7, 11) is 1.73. The van der Waals surface area contributed by atoms with Gasteiger partial charge in [0.25, 0.3) is 0 Å². The Hall–Kier alpha value is -1.52. The molecule has 4 heteroatoms. The van der Waals surface area contributed by atoms with Crippen LogP contribution in [0.5, 0.6) is 0 Å². The molecule has 19 heavy (non-hydrogen) atoms. The highest BCUT2D eigenvalue weighted by Crippen LogP contribution is 2.26. The normalized spacial score (nSPS) is 13.7. The predicted octanol–water partition coefficient (Wildman–Crippen LogP) is 2.83. The molecule has 1 unspecified atom stereocenters. The Bertz CT molecular complexity index is 549. The van der Waals surface area contributed by atoms with E-state index in [1.54, 1.807) is 19.5 Å². The van der Waals surface area contributed by atoms with Gasteiger partial charge in [-0.15, -0.1) is 0 Å². The summed E-state index contributed by atoms with van der Waals surface area (Å²) in [6.45, 7) is 4.14. The number of ether oxygens (including phenoxy) is 1. The van der Waals surface area contributed by atoms with Crippen molar-refractivity contribution in [1.29, 1.82) is 0 Å². The minimum absolute atomic E-state index is 0.0465. The molecule has 1 atom stereocenters. The Kier molecular flexibility index (Phi) is 4.12. The summed E-state index contributed by atoms with van der Waals surface area (Å²) in [5, 5.41) is 0. The maximum Gasteiger partial charge on any atom is 0.0934 e. The Morgan fingerprint density at radius 1 is 1.26 bits per heavy atom. The number of methoxy groups -OCH3 is 1. The number of fused-ring (bicyclic) bond motifs is 1. The van der Waals surface area contributed by atoms with E-state index in [-0.39, 0.29) is 11.6 Å². The average Bonchev–Trinajstić information content (AvgIpc) is 2.44. The number of rotatable bonds is 5. The van der Waals surface area contributed by atoms with Crippen LogP contribution >= 0.6 is 0 Å². The van der Waals surface area contributed by atoms with Crippen LogP contribution in [0.4, 0.5) is 0 Å². The molecular weight excluding hydrogens is 238 g/mol. The third-order valence-electron chi connectivity index (χ3n) is 3.54. The van der Waals surface area contributed by atoms with Crippen molar-refractivity contribution in [3.05, 3.63) is 36.2 Å². The summed E-state index contributed by atoms with van der Waals surface area (Å²) in [4.78, 5) is 8.70. The van der Waals surface area contributed by atoms with E-state index in [9.17, 15) is 0 Å². The van der Waals surface area contributed by atoms with Gasteiger partial charge in [0.15, 0.2) is 0 Å². The molecule has 2 rings (SSSR count). The molecule has 0 radical (unpaired) electrons. The van der Waals surface area contributed by atoms with Crippen molar-refractivity contribution < 1.29 is 4.74 Å². The molecule has 0 saturated carbocycles. The second-order valence-electron chi connectivity index (χ2n) is 5.38. The Morgan fingerprint density at radius 2 is 2.00 bits per heavy atom. The number of nitrogens with two attached hydrogens (primary N) is 1. The van der Waals surface area contributed by atoms with Crippen molar-refractivity contribution in [2.75, 3.05) is 7.11 Å². The number of hydrogen-bond acceptors (Lipinski definition) is 4. The van der Waals surface area contributed by atoms with Crippen molar-refractivity contribution in [2.45, 2.75) is 38.3 Å². The van der Waals surface area contributed by atoms with E-state index in [1.165, 1.54) is 0 Å². The number of benzene rings is 1. The van der Waals surface area contributed by atoms with Gasteiger partial charge in [-0.1, -0.05) is 12.1 Å². The molecule has 2 aromatic rings. The molecule has 1 heterocycles. The van der Waals surface area contributed by atoms with Gasteiger partial charge < -0.3 is 10.5 Å². The molecule has 4 nitrogen and oxygen atoms in total. The topological polar surface area (TPSA) is 61.0 Å². The Morgan fingerprint density at radius 3 is 2.74 bits per heavy atom. The lowest BCUT2D eigenvalue weighted by molar-refractivity contribution is 0.0125. The van der Waals surface area contributed by atoms with Crippen LogP contribution in [-0.2, 0) is 4.74 Å². The Labute approximate surface area is 114 Å². The monoisotopic (exact) mass is 259 g/mol. The summed E-state index contributed by atoms with van der Waals surface area (Å²) >= 11 is 0. The van der Waals surface area contributed by atoms with E-state index in [1.807, 2.05) is 18.2 Å². The standard InChI is InChI=1S/C15H21N3O/c1-15(2,19-3)8-7-12(16)11-5-4-6-13-14(11)18-10-9-17-13/h4-6,9-10,12H,7-8,16H2,1-3H3. The summed E-state index contributed by atoms with van der Waals surface area (Å²) < 4.78 is 5.43. The number of para-hydroxylation sites is 1. The molecule has 0 aliphatic heterocycles. The first-order valence-corrected chi connectivity index (χ1v) is 6.54. The van der Waals surface area contributed by atoms with Gasteiger partial charge in [0.2, 0.25) is 0 Å². The minimum atomic E-state index is -0.145. The third-order valence-corrected chi connectivity index (χ3v) is 3.54. The van der Waals surface area contributed by atoms with Crippen molar-refractivity contribution >= 4 is 11.0 Å². The highest BCUT2D eigenvalue weighted by molar-refractivity contribution is 5.77. The molecular formula is C15H21N3O. The molecule has 102 valence electrons. The first kappa shape index (κ1) is 13.9. The largest absolute Gasteiger partial charge is 0.379 e. The van der Waals surface area contributed by atoms with Gasteiger partial charge in [0, 0.05) is 25.5 Å². The van der Waals surface area contributed by atoms with Crippen LogP contribution in [-0.4, -0.2) is 22.7 Å². The van der Waals surface area contributed by atoms with Crippen molar-refractivity contribution in [3.63, 3.8) is 0 Å². The molecule has 1 aromatic carbocycles. The fourth-order valence-electron chi connectivity index (χ4n) is 2.07. The van der Waals surface area contributed by atoms with Crippen molar-refractivity contribution in [1.82, 2.24) is 9.97 Å². The minimum Gasteiger partial charge on any atom is -0.379 e. The first-order valence-electron chi connectivity index (χ1n) is 6.54. The highest BCUT2D eigenvalue weighted by atomic mass is 16.5. The molecule has 2 N–H and O–H groups in total. The van der Waals surface area contributed by atoms with E-state index in [4.69, 9.17) is 10.5 Å². The molecule has 0 saturated heterocycles. The van der Waals surface area contributed by atoms with E-state index in [0.29, 0.717) is 0 Å². The van der Waals surface area contributed by atoms with Crippen LogP contribution in [0.1, 0.15) is 38.3 Å². The van der Waals surface area contributed by atoms with E-state index in [2.05, 4.69) is 23.8 Å². The van der Waals surface area contributed by atoms with Crippen LogP contribution in [0.25, 0.3) is 11.0 Å². The van der Waals surface area contributed by atoms with Crippen LogP contribution in [0.3, 0.4) is 0 Å². The van der Waals surface area contributed by atoms with Gasteiger partial charge in [0.05, 0.1) is 16.6 Å². The highest BCUT2D eigenvalue weighted by Gasteiger charge is 2.19. The molecule has 0 aliphatic rings. The van der Waals surface area contributed by atoms with Crippen molar-refractivity contribution in [2.24, 2.45) is 5.73 Å². The summed E-state index contributed by atoms with van der Waals surface area (Å²) in [5.74, 6) is 0. The number of nitrogens with zero attached hydrogens (tertiary/aromatic N) is 2. The first-order chi connectivity index (χ1) is 9.03. The fraction of sp³-hybridized carbons (Fsp3) is 0.467. The van der Waals surface area contributed by atoms with E-state index < -0.39 is 0 Å².